The van der Waals surface area contributed by atoms with Crippen LogP contribution in [0.15, 0.2) is 140 Å². The number of nitriles is 1. The van der Waals surface area contributed by atoms with Crippen LogP contribution in [0, 0.1) is 23.2 Å². The second kappa shape index (κ2) is 12.1. The molecule has 4 bridgehead atoms. The summed E-state index contributed by atoms with van der Waals surface area (Å²) in [5.41, 5.74) is 24.6. The van der Waals surface area contributed by atoms with Crippen LogP contribution in [0.3, 0.4) is 0 Å². The number of nitrogens with zero attached hydrogens (tertiary/aromatic N) is 3. The zero-order valence-corrected chi connectivity index (χ0v) is 38.5. The van der Waals surface area contributed by atoms with Crippen molar-refractivity contribution in [2.45, 2.75) is 87.9 Å². The molecule has 3 nitrogen and oxygen atoms in total. The minimum atomic E-state index is -0.421. The van der Waals surface area contributed by atoms with Gasteiger partial charge in [0.2, 0.25) is 0 Å². The van der Waals surface area contributed by atoms with Crippen molar-refractivity contribution in [3.8, 4) is 39.4 Å². The smallest absolute Gasteiger partial charge is 0.0995 e. The van der Waals surface area contributed by atoms with Crippen molar-refractivity contribution in [2.75, 3.05) is 0 Å². The van der Waals surface area contributed by atoms with Gasteiger partial charge in [-0.2, -0.15) is 5.26 Å². The van der Waals surface area contributed by atoms with Gasteiger partial charge in [-0.05, 0) is 152 Å². The number of aromatic nitrogens is 2. The molecule has 7 aromatic carbocycles. The van der Waals surface area contributed by atoms with Crippen LogP contribution in [-0.4, -0.2) is 9.38 Å². The van der Waals surface area contributed by atoms with Gasteiger partial charge >= 0.3 is 0 Å². The second-order valence-electron chi connectivity index (χ2n) is 22.5. The van der Waals surface area contributed by atoms with Crippen molar-refractivity contribution in [3.05, 3.63) is 201 Å². The molecule has 7 aliphatic rings. The van der Waals surface area contributed by atoms with Crippen molar-refractivity contribution in [1.82, 2.24) is 9.38 Å². The molecule has 320 valence electrons. The number of fused-ring (bicyclic) bond motifs is 19. The first-order valence-electron chi connectivity index (χ1n) is 24.9. The van der Waals surface area contributed by atoms with Crippen LogP contribution in [0.2, 0.25) is 0 Å². The molecule has 0 aliphatic heterocycles. The molecule has 7 aliphatic carbocycles. The molecule has 0 N–H and O–H groups in total. The van der Waals surface area contributed by atoms with Crippen molar-refractivity contribution in [1.29, 1.82) is 5.26 Å². The maximum atomic E-state index is 11.3. The fraction of sp³-hybridized carbons (Fsp3) is 0.250. The third kappa shape index (κ3) is 4.18. The molecule has 10 aromatic rings. The Kier molecular flexibility index (Phi) is 6.71. The summed E-state index contributed by atoms with van der Waals surface area (Å²) >= 11 is 0. The summed E-state index contributed by atoms with van der Waals surface area (Å²) in [6.45, 7) is 9.48. The van der Waals surface area contributed by atoms with Crippen molar-refractivity contribution in [2.24, 2.45) is 11.8 Å². The van der Waals surface area contributed by atoms with Gasteiger partial charge in [-0.25, -0.2) is 0 Å². The minimum absolute atomic E-state index is 0.365. The van der Waals surface area contributed by atoms with E-state index < -0.39 is 5.41 Å². The monoisotopic (exact) mass is 859 g/mol. The Bertz CT molecular complexity index is 3900. The summed E-state index contributed by atoms with van der Waals surface area (Å²) in [7, 11) is 0. The number of benzene rings is 7. The molecule has 2 fully saturated rings. The summed E-state index contributed by atoms with van der Waals surface area (Å²) in [5, 5.41) is 16.6. The first-order chi connectivity index (χ1) is 32.7. The van der Waals surface area contributed by atoms with E-state index in [1.165, 1.54) is 154 Å². The lowest BCUT2D eigenvalue weighted by molar-refractivity contribution is 0.165. The van der Waals surface area contributed by atoms with Crippen LogP contribution in [-0.2, 0) is 16.2 Å². The molecule has 3 heterocycles. The summed E-state index contributed by atoms with van der Waals surface area (Å²) in [4.78, 5) is 5.56. The predicted molar refractivity (Wildman–Crippen MR) is 272 cm³/mol. The minimum Gasteiger partial charge on any atom is -0.306 e. The van der Waals surface area contributed by atoms with Crippen LogP contribution in [0.1, 0.15) is 133 Å². The lowest BCUT2D eigenvalue weighted by Gasteiger charge is -2.44. The molecule has 0 amide bonds. The van der Waals surface area contributed by atoms with Crippen LogP contribution in [0.4, 0.5) is 0 Å². The molecule has 3 aromatic heterocycles. The lowest BCUT2D eigenvalue weighted by Crippen LogP contribution is -2.37. The highest BCUT2D eigenvalue weighted by Crippen LogP contribution is 2.65. The van der Waals surface area contributed by atoms with E-state index in [-0.39, 0.29) is 10.8 Å². The first-order valence-corrected chi connectivity index (χ1v) is 24.9. The van der Waals surface area contributed by atoms with Gasteiger partial charge in [0.15, 0.2) is 0 Å². The van der Waals surface area contributed by atoms with E-state index in [0.29, 0.717) is 11.8 Å². The molecule has 3 heteroatoms. The van der Waals surface area contributed by atoms with Gasteiger partial charge in [0, 0.05) is 44.0 Å². The third-order valence-corrected chi connectivity index (χ3v) is 18.7. The Balaban J connectivity index is 1.08. The average Bonchev–Trinajstić information content (AvgIpc) is 4.02. The quantitative estimate of drug-likeness (QED) is 0.165. The molecule has 2 atom stereocenters. The zero-order valence-electron chi connectivity index (χ0n) is 38.5. The van der Waals surface area contributed by atoms with Crippen molar-refractivity contribution >= 4 is 38.1 Å². The van der Waals surface area contributed by atoms with Crippen LogP contribution in [0.5, 0.6) is 0 Å². The van der Waals surface area contributed by atoms with Gasteiger partial charge in [0.25, 0.3) is 0 Å². The largest absolute Gasteiger partial charge is 0.306 e. The predicted octanol–water partition coefficient (Wildman–Crippen LogP) is 15.5. The van der Waals surface area contributed by atoms with Gasteiger partial charge in [-0.3, -0.25) is 4.98 Å². The summed E-state index contributed by atoms with van der Waals surface area (Å²) < 4.78 is 2.55. The highest BCUT2D eigenvalue weighted by molar-refractivity contribution is 6.26. The maximum Gasteiger partial charge on any atom is 0.0995 e. The third-order valence-electron chi connectivity index (χ3n) is 18.7. The van der Waals surface area contributed by atoms with E-state index in [2.05, 4.69) is 178 Å². The van der Waals surface area contributed by atoms with E-state index in [0.717, 1.165) is 22.9 Å². The Morgan fingerprint density at radius 1 is 0.537 bits per heavy atom. The number of pyridine rings is 1. The van der Waals surface area contributed by atoms with Gasteiger partial charge in [0.1, 0.15) is 0 Å². The molecule has 17 rings (SSSR count). The number of rotatable bonds is 1. The fourth-order valence-electron chi connectivity index (χ4n) is 16.5. The molecular formula is C64H49N3. The zero-order chi connectivity index (χ0) is 44.5. The van der Waals surface area contributed by atoms with Crippen LogP contribution in [0.25, 0.3) is 71.5 Å². The van der Waals surface area contributed by atoms with E-state index in [9.17, 15) is 5.26 Å². The van der Waals surface area contributed by atoms with Crippen molar-refractivity contribution in [3.63, 3.8) is 0 Å². The van der Waals surface area contributed by atoms with Gasteiger partial charge < -0.3 is 4.40 Å². The molecule has 1 spiro atoms. The van der Waals surface area contributed by atoms with E-state index >= 15 is 0 Å². The fourth-order valence-corrected chi connectivity index (χ4v) is 16.5. The number of hydrogen-bond acceptors (Lipinski definition) is 2. The van der Waals surface area contributed by atoms with Crippen LogP contribution < -0.4 is 0 Å². The highest BCUT2D eigenvalue weighted by atomic mass is 14.9. The van der Waals surface area contributed by atoms with E-state index in [1.54, 1.807) is 0 Å². The second-order valence-corrected chi connectivity index (χ2v) is 22.5. The van der Waals surface area contributed by atoms with E-state index in [1.807, 2.05) is 0 Å². The molecule has 0 radical (unpaired) electrons. The van der Waals surface area contributed by atoms with E-state index in [4.69, 9.17) is 4.98 Å². The molecule has 67 heavy (non-hydrogen) atoms. The molecule has 2 unspecified atom stereocenters. The summed E-state index contributed by atoms with van der Waals surface area (Å²) in [6, 6.07) is 53.9. The van der Waals surface area contributed by atoms with Gasteiger partial charge in [-0.15, -0.1) is 0 Å². The molecular weight excluding hydrogens is 811 g/mol. The van der Waals surface area contributed by atoms with Crippen molar-refractivity contribution < 1.29 is 0 Å². The number of hydrogen-bond donors (Lipinski definition) is 0. The Labute approximate surface area is 391 Å². The van der Waals surface area contributed by atoms with Crippen LogP contribution >= 0.6 is 0 Å². The summed E-state index contributed by atoms with van der Waals surface area (Å²) in [5.74, 6) is 2.65. The standard InChI is InChI=1S/C64H49N3/c1-62(2)49-21-11-12-22-50(49)63(3,4)59-57-45-30-36(40-17-13-23-51-55(40)43-16-7-10-20-48(43)64(51)46-18-8-5-14-41(46)42-15-6-9-19-47(42)64)29-44-56-53(67(61(44)45)52(57)31-39(32-65)58(59)62)33-66-60-38-27-34-24-35(28-38)26-37(25-34)54(56)60/h5-23,29-31,33-35,37-38H,24-28H2,1-4H3. The average molecular weight is 860 g/mol. The molecule has 2 saturated carbocycles. The Hall–Kier alpha value is -7.02. The topological polar surface area (TPSA) is 41.1 Å². The highest BCUT2D eigenvalue weighted by Gasteiger charge is 2.53. The SMILES string of the molecule is CC1(C)c2ccccc2C(C)(C)c2c1c(C#N)cc1c2c2cc(-c3cccc4c3-c3ccccc3C43c4ccccc4-c4ccccc43)cc3c4c5c(ncc4n1c32)C1CC2CC(C1)CC5C2. The Morgan fingerprint density at radius 2 is 1.07 bits per heavy atom. The van der Waals surface area contributed by atoms with Gasteiger partial charge in [-0.1, -0.05) is 143 Å². The van der Waals surface area contributed by atoms with Gasteiger partial charge in [0.05, 0.1) is 39.8 Å². The molecule has 0 saturated heterocycles. The normalized spacial score (nSPS) is 22.4. The Morgan fingerprint density at radius 3 is 1.73 bits per heavy atom. The summed E-state index contributed by atoms with van der Waals surface area (Å²) in [6.07, 6.45) is 8.75. The first kappa shape index (κ1) is 37.1. The maximum absolute atomic E-state index is 11.3. The lowest BCUT2D eigenvalue weighted by atomic mass is 9.58.